The van der Waals surface area contributed by atoms with E-state index in [4.69, 9.17) is 0 Å². The molecule has 0 spiro atoms. The first-order valence-electron chi connectivity index (χ1n) is 7.94. The number of nitrogens with one attached hydrogen (secondary N) is 1. The Hall–Kier alpha value is -1.61. The number of rotatable bonds is 6. The van der Waals surface area contributed by atoms with Gasteiger partial charge in [-0.1, -0.05) is 45.9 Å². The van der Waals surface area contributed by atoms with Crippen LogP contribution in [0, 0.1) is 0 Å². The maximum absolute atomic E-state index is 4.62. The number of aromatic nitrogens is 2. The van der Waals surface area contributed by atoms with Gasteiger partial charge in [0.25, 0.3) is 0 Å². The molecule has 2 aromatic rings. The van der Waals surface area contributed by atoms with Crippen LogP contribution in [0.5, 0.6) is 0 Å². The maximum Gasteiger partial charge on any atom is 0.0728 e. The van der Waals surface area contributed by atoms with E-state index in [0.29, 0.717) is 12.0 Å². The van der Waals surface area contributed by atoms with Crippen LogP contribution in [-0.2, 0) is 7.05 Å². The van der Waals surface area contributed by atoms with Gasteiger partial charge in [0, 0.05) is 24.8 Å². The fraction of sp³-hybridized carbons (Fsp3) is 0.500. The Bertz CT molecular complexity index is 584. The summed E-state index contributed by atoms with van der Waals surface area (Å²) < 4.78 is 1.92. The molecule has 1 heterocycles. The minimum atomic E-state index is 0.425. The van der Waals surface area contributed by atoms with Crippen LogP contribution >= 0.6 is 0 Å². The van der Waals surface area contributed by atoms with Crippen LogP contribution in [0.2, 0.25) is 0 Å². The second-order valence-electron chi connectivity index (χ2n) is 5.90. The monoisotopic (exact) mass is 285 g/mol. The first-order valence-corrected chi connectivity index (χ1v) is 7.94. The number of hydrogen-bond acceptors (Lipinski definition) is 2. The predicted octanol–water partition coefficient (Wildman–Crippen LogP) is 4.27. The van der Waals surface area contributed by atoms with Gasteiger partial charge >= 0.3 is 0 Å². The predicted molar refractivity (Wildman–Crippen MR) is 89.4 cm³/mol. The third kappa shape index (κ3) is 3.53. The van der Waals surface area contributed by atoms with E-state index in [1.807, 2.05) is 11.7 Å². The van der Waals surface area contributed by atoms with Gasteiger partial charge in [0.15, 0.2) is 0 Å². The fourth-order valence-corrected chi connectivity index (χ4v) is 2.82. The molecular weight excluding hydrogens is 258 g/mol. The van der Waals surface area contributed by atoms with Gasteiger partial charge < -0.3 is 5.32 Å². The number of nitrogens with zero attached hydrogens (tertiary/aromatic N) is 2. The summed E-state index contributed by atoms with van der Waals surface area (Å²) in [6, 6.07) is 9.28. The van der Waals surface area contributed by atoms with Gasteiger partial charge in [0.2, 0.25) is 0 Å². The summed E-state index contributed by atoms with van der Waals surface area (Å²) in [5.74, 6) is 0.431. The van der Waals surface area contributed by atoms with Crippen molar-refractivity contribution < 1.29 is 0 Å². The van der Waals surface area contributed by atoms with E-state index in [2.05, 4.69) is 68.6 Å². The molecule has 0 saturated carbocycles. The van der Waals surface area contributed by atoms with Gasteiger partial charge in [-0.05, 0) is 36.1 Å². The van der Waals surface area contributed by atoms with Gasteiger partial charge in [-0.15, -0.1) is 0 Å². The molecule has 3 heteroatoms. The van der Waals surface area contributed by atoms with Gasteiger partial charge in [0.05, 0.1) is 5.69 Å². The van der Waals surface area contributed by atoms with Gasteiger partial charge in [-0.2, -0.15) is 5.10 Å². The summed E-state index contributed by atoms with van der Waals surface area (Å²) >= 11 is 0. The third-order valence-electron chi connectivity index (χ3n) is 3.86. The summed E-state index contributed by atoms with van der Waals surface area (Å²) in [4.78, 5) is 0. The molecule has 0 amide bonds. The molecule has 1 atom stereocenters. The molecule has 0 saturated heterocycles. The minimum absolute atomic E-state index is 0.425. The molecule has 0 aliphatic rings. The van der Waals surface area contributed by atoms with E-state index in [1.54, 1.807) is 0 Å². The molecule has 1 aromatic carbocycles. The van der Waals surface area contributed by atoms with Crippen LogP contribution in [0.3, 0.4) is 0 Å². The molecule has 1 unspecified atom stereocenters. The van der Waals surface area contributed by atoms with Crippen LogP contribution < -0.4 is 5.32 Å². The van der Waals surface area contributed by atoms with Crippen molar-refractivity contribution in [2.45, 2.75) is 46.1 Å². The molecule has 1 aromatic heterocycles. The summed E-state index contributed by atoms with van der Waals surface area (Å²) in [7, 11) is 1.99. The van der Waals surface area contributed by atoms with E-state index in [0.717, 1.165) is 13.0 Å². The summed E-state index contributed by atoms with van der Waals surface area (Å²) in [6.07, 6.45) is 3.23. The van der Waals surface area contributed by atoms with Gasteiger partial charge in [-0.3, -0.25) is 4.68 Å². The smallest absolute Gasteiger partial charge is 0.0728 e. The number of hydrogen-bond donors (Lipinski definition) is 1. The van der Waals surface area contributed by atoms with Crippen molar-refractivity contribution >= 4 is 0 Å². The molecule has 21 heavy (non-hydrogen) atoms. The Kier molecular flexibility index (Phi) is 5.18. The second-order valence-corrected chi connectivity index (χ2v) is 5.90. The number of benzene rings is 1. The van der Waals surface area contributed by atoms with Crippen LogP contribution in [0.4, 0.5) is 0 Å². The Labute approximate surface area is 128 Å². The van der Waals surface area contributed by atoms with Gasteiger partial charge in [-0.25, -0.2) is 0 Å². The quantitative estimate of drug-likeness (QED) is 0.859. The lowest BCUT2D eigenvalue weighted by Crippen LogP contribution is -2.19. The highest BCUT2D eigenvalue weighted by Gasteiger charge is 2.15. The van der Waals surface area contributed by atoms with Crippen molar-refractivity contribution in [1.82, 2.24) is 15.1 Å². The first kappa shape index (κ1) is 15.8. The molecule has 1 N–H and O–H groups in total. The largest absolute Gasteiger partial charge is 0.310 e. The zero-order valence-corrected chi connectivity index (χ0v) is 13.9. The Morgan fingerprint density at radius 2 is 2.00 bits per heavy atom. The Morgan fingerprint density at radius 1 is 1.24 bits per heavy atom. The molecule has 0 fully saturated rings. The molecule has 114 valence electrons. The average Bonchev–Trinajstić information content (AvgIpc) is 2.87. The molecular formula is C18H27N3. The molecule has 0 radical (unpaired) electrons. The lowest BCUT2D eigenvalue weighted by molar-refractivity contribution is 0.537. The standard InChI is InChI=1S/C18H27N3/c1-6-17(19-7-2)15-10-8-9-14(11-15)16-12-21(5)20-18(16)13(3)4/h8-13,17,19H,6-7H2,1-5H3. The molecule has 0 aliphatic carbocycles. The summed E-state index contributed by atoms with van der Waals surface area (Å²) in [5, 5.41) is 8.17. The second kappa shape index (κ2) is 6.90. The van der Waals surface area contributed by atoms with Crippen molar-refractivity contribution in [3.63, 3.8) is 0 Å². The summed E-state index contributed by atoms with van der Waals surface area (Å²) in [6.45, 7) is 9.77. The number of aryl methyl sites for hydroxylation is 1. The van der Waals surface area contributed by atoms with E-state index in [1.165, 1.54) is 22.4 Å². The molecule has 2 rings (SSSR count). The molecule has 0 aliphatic heterocycles. The summed E-state index contributed by atoms with van der Waals surface area (Å²) in [5.41, 5.74) is 5.04. The highest BCUT2D eigenvalue weighted by atomic mass is 15.3. The SMILES string of the molecule is CCNC(CC)c1cccc(-c2cn(C)nc2C(C)C)c1. The topological polar surface area (TPSA) is 29.9 Å². The van der Waals surface area contributed by atoms with Crippen LogP contribution in [0.25, 0.3) is 11.1 Å². The highest BCUT2D eigenvalue weighted by molar-refractivity contribution is 5.66. The van der Waals surface area contributed by atoms with E-state index < -0.39 is 0 Å². The minimum Gasteiger partial charge on any atom is -0.310 e. The van der Waals surface area contributed by atoms with Crippen molar-refractivity contribution in [2.24, 2.45) is 7.05 Å². The van der Waals surface area contributed by atoms with Crippen molar-refractivity contribution in [3.05, 3.63) is 41.7 Å². The van der Waals surface area contributed by atoms with Crippen molar-refractivity contribution in [1.29, 1.82) is 0 Å². The van der Waals surface area contributed by atoms with Crippen LogP contribution in [0.1, 0.15) is 57.3 Å². The highest BCUT2D eigenvalue weighted by Crippen LogP contribution is 2.30. The Balaban J connectivity index is 2.41. The Morgan fingerprint density at radius 3 is 2.62 bits per heavy atom. The van der Waals surface area contributed by atoms with E-state index in [9.17, 15) is 0 Å². The van der Waals surface area contributed by atoms with E-state index in [-0.39, 0.29) is 0 Å². The lowest BCUT2D eigenvalue weighted by atomic mass is 9.96. The molecule has 3 nitrogen and oxygen atoms in total. The zero-order chi connectivity index (χ0) is 15.4. The van der Waals surface area contributed by atoms with Crippen LogP contribution in [-0.4, -0.2) is 16.3 Å². The van der Waals surface area contributed by atoms with Crippen LogP contribution in [0.15, 0.2) is 30.5 Å². The first-order chi connectivity index (χ1) is 10.1. The molecule has 0 bridgehead atoms. The average molecular weight is 285 g/mol. The van der Waals surface area contributed by atoms with Crippen molar-refractivity contribution in [2.75, 3.05) is 6.54 Å². The van der Waals surface area contributed by atoms with Gasteiger partial charge in [0.1, 0.15) is 0 Å². The zero-order valence-electron chi connectivity index (χ0n) is 13.9. The normalized spacial score (nSPS) is 12.9. The lowest BCUT2D eigenvalue weighted by Gasteiger charge is -2.17. The van der Waals surface area contributed by atoms with E-state index >= 15 is 0 Å². The maximum atomic E-state index is 4.62. The fourth-order valence-electron chi connectivity index (χ4n) is 2.82. The third-order valence-corrected chi connectivity index (χ3v) is 3.86. The van der Waals surface area contributed by atoms with Crippen molar-refractivity contribution in [3.8, 4) is 11.1 Å².